The van der Waals surface area contributed by atoms with Crippen LogP contribution in [0.5, 0.6) is 0 Å². The van der Waals surface area contributed by atoms with Crippen LogP contribution in [0.25, 0.3) is 5.69 Å². The van der Waals surface area contributed by atoms with E-state index >= 15 is 0 Å². The molecule has 1 saturated heterocycles. The number of rotatable bonds is 4. The second kappa shape index (κ2) is 7.35. The summed E-state index contributed by atoms with van der Waals surface area (Å²) in [6.45, 7) is 3.31. The average molecular weight is 361 g/mol. The van der Waals surface area contributed by atoms with Crippen molar-refractivity contribution in [3.63, 3.8) is 0 Å². The molecule has 27 heavy (non-hydrogen) atoms. The van der Waals surface area contributed by atoms with Gasteiger partial charge in [-0.3, -0.25) is 0 Å². The highest BCUT2D eigenvalue weighted by molar-refractivity contribution is 5.61. The van der Waals surface area contributed by atoms with Crippen LogP contribution in [0.4, 0.5) is 23.3 Å². The first kappa shape index (κ1) is 16.9. The van der Waals surface area contributed by atoms with Crippen LogP contribution in [-0.2, 0) is 4.74 Å². The number of nitrogens with one attached hydrogen (secondary N) is 1. The van der Waals surface area contributed by atoms with Crippen LogP contribution in [0.1, 0.15) is 5.56 Å². The molecule has 0 spiro atoms. The molecule has 0 amide bonds. The first-order chi connectivity index (χ1) is 13.2. The summed E-state index contributed by atoms with van der Waals surface area (Å²) in [6.07, 6.45) is 0. The molecule has 2 heterocycles. The molecular formula is C19H19N7O. The maximum absolute atomic E-state index is 8.94. The molecule has 1 aliphatic heterocycles. The summed E-state index contributed by atoms with van der Waals surface area (Å²) in [5.41, 5.74) is 9.19. The van der Waals surface area contributed by atoms with Gasteiger partial charge >= 0.3 is 0 Å². The van der Waals surface area contributed by atoms with Gasteiger partial charge in [0.2, 0.25) is 11.9 Å². The van der Waals surface area contributed by atoms with Crippen LogP contribution in [0.15, 0.2) is 48.5 Å². The molecule has 0 bridgehead atoms. The number of ether oxygens (including phenoxy) is 1. The molecule has 0 saturated carbocycles. The molecule has 1 aromatic heterocycles. The zero-order valence-corrected chi connectivity index (χ0v) is 14.7. The maximum atomic E-state index is 8.94. The summed E-state index contributed by atoms with van der Waals surface area (Å²) in [5, 5.41) is 16.4. The second-order valence-electron chi connectivity index (χ2n) is 6.14. The molecule has 4 rings (SSSR count). The van der Waals surface area contributed by atoms with Crippen LogP contribution in [0, 0.1) is 11.3 Å². The number of nitrogens with zero attached hydrogens (tertiary/aromatic N) is 5. The van der Waals surface area contributed by atoms with Crippen molar-refractivity contribution in [2.45, 2.75) is 0 Å². The molecule has 1 aliphatic rings. The van der Waals surface area contributed by atoms with Gasteiger partial charge in [0, 0.05) is 24.5 Å². The number of aromatic nitrogens is 3. The number of hydrogen-bond acceptors (Lipinski definition) is 7. The van der Waals surface area contributed by atoms with Crippen molar-refractivity contribution < 1.29 is 4.74 Å². The van der Waals surface area contributed by atoms with Gasteiger partial charge in [0.25, 0.3) is 0 Å². The quantitative estimate of drug-likeness (QED) is 0.734. The van der Waals surface area contributed by atoms with Crippen molar-refractivity contribution >= 4 is 23.3 Å². The number of hydrogen-bond donors (Lipinski definition) is 2. The Kier molecular flexibility index (Phi) is 4.60. The smallest absolute Gasteiger partial charge is 0.241 e. The van der Waals surface area contributed by atoms with Crippen molar-refractivity contribution in [3.8, 4) is 11.8 Å². The fraction of sp³-hybridized carbons (Fsp3) is 0.211. The fourth-order valence-electron chi connectivity index (χ4n) is 2.97. The lowest BCUT2D eigenvalue weighted by Crippen LogP contribution is -2.36. The Morgan fingerprint density at radius 2 is 1.67 bits per heavy atom. The molecule has 2 aromatic carbocycles. The minimum atomic E-state index is 0.173. The zero-order chi connectivity index (χ0) is 18.6. The first-order valence-corrected chi connectivity index (χ1v) is 8.66. The van der Waals surface area contributed by atoms with Gasteiger partial charge in [-0.2, -0.15) is 14.9 Å². The van der Waals surface area contributed by atoms with Crippen molar-refractivity contribution in [3.05, 3.63) is 54.1 Å². The first-order valence-electron chi connectivity index (χ1n) is 8.66. The molecule has 3 N–H and O–H groups in total. The van der Waals surface area contributed by atoms with Gasteiger partial charge in [0.1, 0.15) is 0 Å². The Bertz CT molecular complexity index is 951. The van der Waals surface area contributed by atoms with E-state index in [4.69, 9.17) is 15.7 Å². The molecule has 1 fully saturated rings. The van der Waals surface area contributed by atoms with Crippen LogP contribution in [0.3, 0.4) is 0 Å². The molecule has 136 valence electrons. The normalized spacial score (nSPS) is 14.0. The third kappa shape index (κ3) is 3.68. The number of nitrogen functional groups attached to an aromatic ring is 1. The van der Waals surface area contributed by atoms with Gasteiger partial charge in [-0.15, -0.1) is 5.10 Å². The molecule has 0 unspecified atom stereocenters. The van der Waals surface area contributed by atoms with E-state index in [1.54, 1.807) is 28.9 Å². The Morgan fingerprint density at radius 1 is 1.00 bits per heavy atom. The van der Waals surface area contributed by atoms with Gasteiger partial charge < -0.3 is 20.7 Å². The summed E-state index contributed by atoms with van der Waals surface area (Å²) in [5.74, 6) is 0.683. The highest BCUT2D eigenvalue weighted by Gasteiger charge is 2.13. The number of nitriles is 1. The molecule has 8 heteroatoms. The van der Waals surface area contributed by atoms with Gasteiger partial charge in [-0.1, -0.05) is 0 Å². The van der Waals surface area contributed by atoms with E-state index in [-0.39, 0.29) is 5.95 Å². The molecule has 0 aliphatic carbocycles. The zero-order valence-electron chi connectivity index (χ0n) is 14.7. The Morgan fingerprint density at radius 3 is 2.33 bits per heavy atom. The number of anilines is 4. The van der Waals surface area contributed by atoms with Gasteiger partial charge in [0.15, 0.2) is 0 Å². The van der Waals surface area contributed by atoms with Crippen molar-refractivity contribution in [1.82, 2.24) is 14.8 Å². The number of benzene rings is 2. The van der Waals surface area contributed by atoms with Crippen LogP contribution < -0.4 is 16.0 Å². The lowest BCUT2D eigenvalue weighted by molar-refractivity contribution is 0.122. The predicted octanol–water partition coefficient (Wildman–Crippen LogP) is 2.30. The van der Waals surface area contributed by atoms with Gasteiger partial charge in [0.05, 0.1) is 30.5 Å². The number of morpholine rings is 1. The second-order valence-corrected chi connectivity index (χ2v) is 6.14. The summed E-state index contributed by atoms with van der Waals surface area (Å²) in [4.78, 5) is 6.56. The topological polar surface area (TPSA) is 105 Å². The summed E-state index contributed by atoms with van der Waals surface area (Å²) < 4.78 is 7.01. The fourth-order valence-corrected chi connectivity index (χ4v) is 2.97. The Labute approximate surface area is 156 Å². The summed E-state index contributed by atoms with van der Waals surface area (Å²) >= 11 is 0. The van der Waals surface area contributed by atoms with E-state index in [1.165, 1.54) is 0 Å². The minimum Gasteiger partial charge on any atom is -0.378 e. The van der Waals surface area contributed by atoms with Crippen LogP contribution >= 0.6 is 0 Å². The lowest BCUT2D eigenvalue weighted by Gasteiger charge is -2.28. The molecule has 3 aromatic rings. The third-order valence-electron chi connectivity index (χ3n) is 4.36. The molecular weight excluding hydrogens is 342 g/mol. The predicted molar refractivity (Wildman–Crippen MR) is 103 cm³/mol. The van der Waals surface area contributed by atoms with Gasteiger partial charge in [-0.25, -0.2) is 0 Å². The van der Waals surface area contributed by atoms with E-state index in [2.05, 4.69) is 38.5 Å². The Balaban J connectivity index is 1.55. The average Bonchev–Trinajstić information content (AvgIpc) is 3.09. The van der Waals surface area contributed by atoms with E-state index in [0.717, 1.165) is 43.4 Å². The van der Waals surface area contributed by atoms with Crippen molar-refractivity contribution in [2.75, 3.05) is 42.3 Å². The monoisotopic (exact) mass is 361 g/mol. The van der Waals surface area contributed by atoms with Crippen molar-refractivity contribution in [1.29, 1.82) is 5.26 Å². The molecule has 0 radical (unpaired) electrons. The largest absolute Gasteiger partial charge is 0.378 e. The van der Waals surface area contributed by atoms with Crippen LogP contribution in [-0.4, -0.2) is 41.1 Å². The maximum Gasteiger partial charge on any atom is 0.241 e. The van der Waals surface area contributed by atoms with E-state index < -0.39 is 0 Å². The van der Waals surface area contributed by atoms with Crippen molar-refractivity contribution in [2.24, 2.45) is 0 Å². The van der Waals surface area contributed by atoms with Crippen LogP contribution in [0.2, 0.25) is 0 Å². The standard InChI is InChI=1S/C19H19N7O/c20-13-14-1-5-17(6-2-14)26-19(23-18(21)24-26)22-15-3-7-16(8-4-15)25-9-11-27-12-10-25/h1-8H,9-12H2,(H3,21,22,23,24). The Hall–Kier alpha value is -3.57. The SMILES string of the molecule is N#Cc1ccc(-n2nc(N)nc2Nc2ccc(N3CCOCC3)cc2)cc1. The van der Waals surface area contributed by atoms with E-state index in [1.807, 2.05) is 12.1 Å². The van der Waals surface area contributed by atoms with E-state index in [9.17, 15) is 0 Å². The molecule has 0 atom stereocenters. The molecule has 8 nitrogen and oxygen atoms in total. The van der Waals surface area contributed by atoms with Gasteiger partial charge in [-0.05, 0) is 48.5 Å². The highest BCUT2D eigenvalue weighted by Crippen LogP contribution is 2.23. The minimum absolute atomic E-state index is 0.173. The highest BCUT2D eigenvalue weighted by atomic mass is 16.5. The van der Waals surface area contributed by atoms with E-state index in [0.29, 0.717) is 11.5 Å². The summed E-state index contributed by atoms with van der Waals surface area (Å²) in [7, 11) is 0. The lowest BCUT2D eigenvalue weighted by atomic mass is 10.2. The third-order valence-corrected chi connectivity index (χ3v) is 4.36. The summed E-state index contributed by atoms with van der Waals surface area (Å²) in [6, 6.07) is 17.3. The number of nitrogens with two attached hydrogens (primary N) is 1.